The molecular formula is C18H16N4O2S. The van der Waals surface area contributed by atoms with E-state index in [2.05, 4.69) is 10.1 Å². The number of benzene rings is 1. The minimum absolute atomic E-state index is 0.195. The van der Waals surface area contributed by atoms with Gasteiger partial charge >= 0.3 is 0 Å². The SMILES string of the molecule is Cc1cc(C(=O)N(Cc2ccco2)c2nc3ccccc3s2)nn1C. The molecule has 0 atom stereocenters. The molecule has 0 bridgehead atoms. The van der Waals surface area contributed by atoms with Gasteiger partial charge in [0.2, 0.25) is 0 Å². The molecule has 0 spiro atoms. The third-order valence-corrected chi connectivity index (χ3v) is 5.04. The third-order valence-electron chi connectivity index (χ3n) is 3.99. The van der Waals surface area contributed by atoms with Crippen molar-refractivity contribution in [3.63, 3.8) is 0 Å². The Morgan fingerprint density at radius 3 is 2.80 bits per heavy atom. The molecule has 7 heteroatoms. The Bertz CT molecular complexity index is 980. The van der Waals surface area contributed by atoms with E-state index in [9.17, 15) is 4.79 Å². The molecule has 6 nitrogen and oxygen atoms in total. The molecule has 1 amide bonds. The second-order valence-corrected chi connectivity index (χ2v) is 6.74. The lowest BCUT2D eigenvalue weighted by Crippen LogP contribution is -2.30. The number of amides is 1. The number of aryl methyl sites for hydroxylation is 2. The Balaban J connectivity index is 1.76. The van der Waals surface area contributed by atoms with Gasteiger partial charge in [-0.05, 0) is 37.3 Å². The van der Waals surface area contributed by atoms with Crippen LogP contribution in [0.3, 0.4) is 0 Å². The topological polar surface area (TPSA) is 64.2 Å². The van der Waals surface area contributed by atoms with Crippen LogP contribution in [0, 0.1) is 6.92 Å². The smallest absolute Gasteiger partial charge is 0.280 e. The minimum Gasteiger partial charge on any atom is -0.467 e. The van der Waals surface area contributed by atoms with E-state index in [4.69, 9.17) is 4.42 Å². The molecule has 4 aromatic rings. The van der Waals surface area contributed by atoms with Gasteiger partial charge in [-0.1, -0.05) is 23.5 Å². The normalized spacial score (nSPS) is 11.1. The van der Waals surface area contributed by atoms with Crippen LogP contribution in [0.5, 0.6) is 0 Å². The van der Waals surface area contributed by atoms with Crippen molar-refractivity contribution in [2.75, 3.05) is 4.90 Å². The Morgan fingerprint density at radius 2 is 2.12 bits per heavy atom. The van der Waals surface area contributed by atoms with Crippen molar-refractivity contribution in [3.8, 4) is 0 Å². The monoisotopic (exact) mass is 352 g/mol. The first-order valence-electron chi connectivity index (χ1n) is 7.82. The van der Waals surface area contributed by atoms with Crippen LogP contribution < -0.4 is 4.90 Å². The number of fused-ring (bicyclic) bond motifs is 1. The van der Waals surface area contributed by atoms with Crippen molar-refractivity contribution in [2.45, 2.75) is 13.5 Å². The molecule has 25 heavy (non-hydrogen) atoms. The highest BCUT2D eigenvalue weighted by Gasteiger charge is 2.24. The maximum absolute atomic E-state index is 13.1. The number of hydrogen-bond acceptors (Lipinski definition) is 5. The van der Waals surface area contributed by atoms with Crippen LogP contribution in [0.15, 0.2) is 53.1 Å². The molecule has 3 heterocycles. The number of carbonyl (C=O) groups excluding carboxylic acids is 1. The van der Waals surface area contributed by atoms with E-state index in [0.29, 0.717) is 23.1 Å². The summed E-state index contributed by atoms with van der Waals surface area (Å²) >= 11 is 1.48. The quantitative estimate of drug-likeness (QED) is 0.561. The summed E-state index contributed by atoms with van der Waals surface area (Å²) in [4.78, 5) is 19.3. The molecule has 0 saturated carbocycles. The number of carbonyl (C=O) groups is 1. The van der Waals surface area contributed by atoms with Crippen molar-refractivity contribution < 1.29 is 9.21 Å². The zero-order valence-electron chi connectivity index (χ0n) is 13.8. The molecule has 0 saturated heterocycles. The van der Waals surface area contributed by atoms with Gasteiger partial charge in [0.15, 0.2) is 10.8 Å². The first kappa shape index (κ1) is 15.6. The number of thiazole rings is 1. The summed E-state index contributed by atoms with van der Waals surface area (Å²) in [7, 11) is 1.82. The number of rotatable bonds is 4. The largest absolute Gasteiger partial charge is 0.467 e. The fraction of sp³-hybridized carbons (Fsp3) is 0.167. The summed E-state index contributed by atoms with van der Waals surface area (Å²) in [5, 5.41) is 4.94. The molecule has 126 valence electrons. The summed E-state index contributed by atoms with van der Waals surface area (Å²) < 4.78 is 8.16. The standard InChI is InChI=1S/C18H16N4O2S/c1-12-10-15(20-21(12)2)17(23)22(11-13-6-5-9-24-13)18-19-14-7-3-4-8-16(14)25-18/h3-10H,11H2,1-2H3. The molecule has 0 aliphatic rings. The van der Waals surface area contributed by atoms with Crippen molar-refractivity contribution in [1.29, 1.82) is 0 Å². The van der Waals surface area contributed by atoms with E-state index < -0.39 is 0 Å². The lowest BCUT2D eigenvalue weighted by atomic mass is 10.3. The molecule has 0 fully saturated rings. The zero-order valence-corrected chi connectivity index (χ0v) is 14.7. The van der Waals surface area contributed by atoms with Gasteiger partial charge in [0.1, 0.15) is 5.76 Å². The molecule has 4 rings (SSSR count). The lowest BCUT2D eigenvalue weighted by Gasteiger charge is -2.17. The maximum Gasteiger partial charge on any atom is 0.280 e. The van der Waals surface area contributed by atoms with Crippen LogP contribution in [0.25, 0.3) is 10.2 Å². The van der Waals surface area contributed by atoms with Crippen molar-refractivity contribution in [1.82, 2.24) is 14.8 Å². The van der Waals surface area contributed by atoms with Crippen LogP contribution >= 0.6 is 11.3 Å². The van der Waals surface area contributed by atoms with Gasteiger partial charge in [0.05, 0.1) is 23.0 Å². The van der Waals surface area contributed by atoms with Crippen LogP contribution in [0.1, 0.15) is 21.9 Å². The highest BCUT2D eigenvalue weighted by molar-refractivity contribution is 7.22. The van der Waals surface area contributed by atoms with Gasteiger partial charge in [0, 0.05) is 12.7 Å². The molecule has 3 aromatic heterocycles. The summed E-state index contributed by atoms with van der Waals surface area (Å²) in [6.07, 6.45) is 1.60. The molecule has 1 aromatic carbocycles. The second-order valence-electron chi connectivity index (χ2n) is 5.73. The average molecular weight is 352 g/mol. The Kier molecular flexibility index (Phi) is 3.85. The zero-order chi connectivity index (χ0) is 17.4. The number of furan rings is 1. The molecule has 0 N–H and O–H groups in total. The van der Waals surface area contributed by atoms with E-state index in [-0.39, 0.29) is 5.91 Å². The number of hydrogen-bond donors (Lipinski definition) is 0. The summed E-state index contributed by atoms with van der Waals surface area (Å²) in [6, 6.07) is 13.3. The van der Waals surface area contributed by atoms with Crippen LogP contribution in [0.2, 0.25) is 0 Å². The van der Waals surface area contributed by atoms with E-state index in [1.54, 1.807) is 28.0 Å². The summed E-state index contributed by atoms with van der Waals surface area (Å²) in [5.41, 5.74) is 2.19. The van der Waals surface area contributed by atoms with E-state index in [1.807, 2.05) is 44.3 Å². The Morgan fingerprint density at radius 1 is 1.28 bits per heavy atom. The van der Waals surface area contributed by atoms with Gasteiger partial charge in [-0.3, -0.25) is 14.4 Å². The minimum atomic E-state index is -0.195. The van der Waals surface area contributed by atoms with Crippen LogP contribution in [-0.4, -0.2) is 20.7 Å². The molecular weight excluding hydrogens is 336 g/mol. The van der Waals surface area contributed by atoms with Crippen molar-refractivity contribution >= 4 is 32.6 Å². The van der Waals surface area contributed by atoms with Crippen molar-refractivity contribution in [2.24, 2.45) is 7.05 Å². The number of nitrogens with zero attached hydrogens (tertiary/aromatic N) is 4. The molecule has 0 aliphatic carbocycles. The number of anilines is 1. The lowest BCUT2D eigenvalue weighted by molar-refractivity contribution is 0.0977. The average Bonchev–Trinajstić information content (AvgIpc) is 3.32. The highest BCUT2D eigenvalue weighted by atomic mass is 32.1. The predicted molar refractivity (Wildman–Crippen MR) is 96.8 cm³/mol. The fourth-order valence-electron chi connectivity index (χ4n) is 2.56. The van der Waals surface area contributed by atoms with Crippen LogP contribution in [-0.2, 0) is 13.6 Å². The summed E-state index contributed by atoms with van der Waals surface area (Å²) in [6.45, 7) is 2.22. The second kappa shape index (κ2) is 6.18. The van der Waals surface area contributed by atoms with Gasteiger partial charge in [-0.2, -0.15) is 5.10 Å². The van der Waals surface area contributed by atoms with Crippen LogP contribution in [0.4, 0.5) is 5.13 Å². The first-order valence-corrected chi connectivity index (χ1v) is 8.64. The van der Waals surface area contributed by atoms with Gasteiger partial charge in [-0.25, -0.2) is 4.98 Å². The highest BCUT2D eigenvalue weighted by Crippen LogP contribution is 2.30. The first-order chi connectivity index (χ1) is 12.1. The molecule has 0 unspecified atom stereocenters. The Labute approximate surface area is 148 Å². The third kappa shape index (κ3) is 2.94. The predicted octanol–water partition coefficient (Wildman–Crippen LogP) is 3.78. The molecule has 0 aliphatic heterocycles. The number of aromatic nitrogens is 3. The fourth-order valence-corrected chi connectivity index (χ4v) is 3.53. The summed E-state index contributed by atoms with van der Waals surface area (Å²) in [5.74, 6) is 0.499. The van der Waals surface area contributed by atoms with E-state index in [0.717, 1.165) is 15.9 Å². The maximum atomic E-state index is 13.1. The Hall–Kier alpha value is -2.93. The van der Waals surface area contributed by atoms with Gasteiger partial charge < -0.3 is 4.42 Å². The molecule has 0 radical (unpaired) electrons. The van der Waals surface area contributed by atoms with E-state index in [1.165, 1.54) is 11.3 Å². The van der Waals surface area contributed by atoms with Gasteiger partial charge in [-0.15, -0.1) is 0 Å². The van der Waals surface area contributed by atoms with E-state index >= 15 is 0 Å². The number of para-hydroxylation sites is 1. The van der Waals surface area contributed by atoms with Gasteiger partial charge in [0.25, 0.3) is 5.91 Å². The van der Waals surface area contributed by atoms with Crippen molar-refractivity contribution in [3.05, 3.63) is 65.9 Å².